The summed E-state index contributed by atoms with van der Waals surface area (Å²) in [5.74, 6) is -0.857. The lowest BCUT2D eigenvalue weighted by Crippen LogP contribution is -2.29. The van der Waals surface area contributed by atoms with Crippen LogP contribution in [0.4, 0.5) is 11.5 Å². The number of benzene rings is 1. The van der Waals surface area contributed by atoms with E-state index in [0.717, 1.165) is 16.4 Å². The second-order valence-corrected chi connectivity index (χ2v) is 7.37. The maximum atomic E-state index is 12.8. The van der Waals surface area contributed by atoms with Gasteiger partial charge in [0, 0.05) is 31.0 Å². The Morgan fingerprint density at radius 1 is 1.35 bits per heavy atom. The zero-order valence-corrected chi connectivity index (χ0v) is 14.1. The first-order chi connectivity index (χ1) is 12.3. The number of hydrogen-bond donors (Lipinski definition) is 1. The number of non-ortho nitro benzene ring substituents is 1. The maximum Gasteiger partial charge on any atom is 0.328 e. The van der Waals surface area contributed by atoms with Crippen molar-refractivity contribution in [2.75, 3.05) is 10.8 Å². The second kappa shape index (κ2) is 6.56. The van der Waals surface area contributed by atoms with Gasteiger partial charge in [0.2, 0.25) is 0 Å². The molecule has 1 aliphatic rings. The van der Waals surface area contributed by atoms with Crippen molar-refractivity contribution in [3.8, 4) is 0 Å². The standard InChI is InChI=1S/C16H13N3O6S/c20-15(21)5-4-11-8-12-6-7-18(16(12)17-10-11)26(24,25)14-3-1-2-13(9-14)19(22)23/h1-5,8-10H,6-7H2,(H,20,21)/b5-4+. The van der Waals surface area contributed by atoms with Crippen LogP contribution in [0.25, 0.3) is 6.08 Å². The van der Waals surface area contributed by atoms with E-state index in [9.17, 15) is 23.3 Å². The molecule has 1 aromatic carbocycles. The minimum atomic E-state index is -3.99. The smallest absolute Gasteiger partial charge is 0.328 e. The van der Waals surface area contributed by atoms with E-state index < -0.39 is 20.9 Å². The topological polar surface area (TPSA) is 131 Å². The molecule has 9 nitrogen and oxygen atoms in total. The summed E-state index contributed by atoms with van der Waals surface area (Å²) in [6, 6.07) is 6.51. The van der Waals surface area contributed by atoms with Crippen molar-refractivity contribution in [1.29, 1.82) is 0 Å². The molecule has 3 rings (SSSR count). The summed E-state index contributed by atoms with van der Waals surface area (Å²) in [6.07, 6.45) is 4.12. The summed E-state index contributed by atoms with van der Waals surface area (Å²) in [7, 11) is -3.99. The van der Waals surface area contributed by atoms with Gasteiger partial charge in [-0.2, -0.15) is 0 Å². The van der Waals surface area contributed by atoms with Gasteiger partial charge in [-0.05, 0) is 35.8 Å². The third-order valence-electron chi connectivity index (χ3n) is 3.82. The molecule has 0 saturated carbocycles. The number of rotatable bonds is 5. The lowest BCUT2D eigenvalue weighted by Gasteiger charge is -2.18. The van der Waals surface area contributed by atoms with Crippen molar-refractivity contribution in [3.63, 3.8) is 0 Å². The SMILES string of the molecule is O=C(O)/C=C/c1cnc2c(c1)CCN2S(=O)(=O)c1cccc([N+](=O)[O-])c1. The van der Waals surface area contributed by atoms with Gasteiger partial charge in [0.25, 0.3) is 15.7 Å². The number of carboxylic acids is 1. The number of hydrogen-bond acceptors (Lipinski definition) is 6. The minimum absolute atomic E-state index is 0.152. The van der Waals surface area contributed by atoms with Gasteiger partial charge in [-0.1, -0.05) is 6.07 Å². The van der Waals surface area contributed by atoms with Gasteiger partial charge in [0.05, 0.1) is 9.82 Å². The first kappa shape index (κ1) is 17.5. The average molecular weight is 375 g/mol. The normalized spacial score (nSPS) is 13.8. The van der Waals surface area contributed by atoms with Crippen LogP contribution in [0.3, 0.4) is 0 Å². The van der Waals surface area contributed by atoms with Crippen LogP contribution in [-0.2, 0) is 21.2 Å². The Labute approximate surface area is 148 Å². The highest BCUT2D eigenvalue weighted by Crippen LogP contribution is 2.32. The van der Waals surface area contributed by atoms with E-state index in [1.807, 2.05) is 0 Å². The van der Waals surface area contributed by atoms with Gasteiger partial charge in [0.15, 0.2) is 0 Å². The Morgan fingerprint density at radius 2 is 2.12 bits per heavy atom. The predicted octanol–water partition coefficient (Wildman–Crippen LogP) is 1.84. The zero-order chi connectivity index (χ0) is 18.9. The average Bonchev–Trinajstić information content (AvgIpc) is 3.04. The Balaban J connectivity index is 1.96. The summed E-state index contributed by atoms with van der Waals surface area (Å²) < 4.78 is 26.8. The van der Waals surface area contributed by atoms with Gasteiger partial charge < -0.3 is 5.11 Å². The molecule has 0 spiro atoms. The number of nitrogens with zero attached hydrogens (tertiary/aromatic N) is 3. The van der Waals surface area contributed by atoms with Gasteiger partial charge >= 0.3 is 5.97 Å². The van der Waals surface area contributed by atoms with Crippen LogP contribution in [0.5, 0.6) is 0 Å². The summed E-state index contributed by atoms with van der Waals surface area (Å²) in [5, 5.41) is 19.5. The third-order valence-corrected chi connectivity index (χ3v) is 5.60. The highest BCUT2D eigenvalue weighted by Gasteiger charge is 2.32. The maximum absolute atomic E-state index is 12.8. The Kier molecular flexibility index (Phi) is 4.43. The van der Waals surface area contributed by atoms with Gasteiger partial charge in [-0.25, -0.2) is 22.5 Å². The van der Waals surface area contributed by atoms with E-state index in [1.54, 1.807) is 6.07 Å². The highest BCUT2D eigenvalue weighted by atomic mass is 32.2. The highest BCUT2D eigenvalue weighted by molar-refractivity contribution is 7.92. The van der Waals surface area contributed by atoms with Crippen LogP contribution in [0.2, 0.25) is 0 Å². The summed E-state index contributed by atoms with van der Waals surface area (Å²) in [4.78, 5) is 24.8. The van der Waals surface area contributed by atoms with Crippen LogP contribution in [0.1, 0.15) is 11.1 Å². The Morgan fingerprint density at radius 3 is 2.81 bits per heavy atom. The predicted molar refractivity (Wildman–Crippen MR) is 92.2 cm³/mol. The number of carbonyl (C=O) groups is 1. The molecule has 10 heteroatoms. The van der Waals surface area contributed by atoms with E-state index in [0.29, 0.717) is 17.5 Å². The lowest BCUT2D eigenvalue weighted by molar-refractivity contribution is -0.385. The number of nitro benzene ring substituents is 1. The molecule has 0 unspecified atom stereocenters. The molecule has 0 bridgehead atoms. The molecule has 1 N–H and O–H groups in total. The molecular formula is C16H13N3O6S. The van der Waals surface area contributed by atoms with Gasteiger partial charge in [-0.3, -0.25) is 10.1 Å². The van der Waals surface area contributed by atoms with Crippen molar-refractivity contribution in [1.82, 2.24) is 4.98 Å². The zero-order valence-electron chi connectivity index (χ0n) is 13.3. The molecule has 0 amide bonds. The number of pyridine rings is 1. The minimum Gasteiger partial charge on any atom is -0.478 e. The molecule has 0 saturated heterocycles. The van der Waals surface area contributed by atoms with E-state index in [1.165, 1.54) is 30.5 Å². The molecule has 134 valence electrons. The van der Waals surface area contributed by atoms with E-state index >= 15 is 0 Å². The summed E-state index contributed by atoms with van der Waals surface area (Å²) in [6.45, 7) is 0.152. The quantitative estimate of drug-likeness (QED) is 0.479. The molecule has 2 heterocycles. The number of aliphatic carboxylic acids is 1. The van der Waals surface area contributed by atoms with Crippen LogP contribution >= 0.6 is 0 Å². The third kappa shape index (κ3) is 3.26. The summed E-state index contributed by atoms with van der Waals surface area (Å²) in [5.41, 5.74) is 0.889. The fourth-order valence-electron chi connectivity index (χ4n) is 2.64. The molecule has 0 fully saturated rings. The Bertz CT molecular complexity index is 1030. The molecule has 0 aliphatic carbocycles. The number of aromatic nitrogens is 1. The van der Waals surface area contributed by atoms with Crippen molar-refractivity contribution in [3.05, 3.63) is 63.8 Å². The first-order valence-electron chi connectivity index (χ1n) is 7.46. The lowest BCUT2D eigenvalue weighted by atomic mass is 10.1. The van der Waals surface area contributed by atoms with Crippen LogP contribution in [0, 0.1) is 10.1 Å². The number of fused-ring (bicyclic) bond motifs is 1. The number of anilines is 1. The van der Waals surface area contributed by atoms with Crippen LogP contribution in [0.15, 0.2) is 47.5 Å². The van der Waals surface area contributed by atoms with Crippen molar-refractivity contribution >= 4 is 33.6 Å². The fourth-order valence-corrected chi connectivity index (χ4v) is 4.13. The second-order valence-electron chi connectivity index (χ2n) is 5.50. The summed E-state index contributed by atoms with van der Waals surface area (Å²) >= 11 is 0. The van der Waals surface area contributed by atoms with E-state index in [4.69, 9.17) is 5.11 Å². The molecule has 1 aliphatic heterocycles. The molecular weight excluding hydrogens is 362 g/mol. The van der Waals surface area contributed by atoms with Gasteiger partial charge in [0.1, 0.15) is 5.82 Å². The molecule has 0 radical (unpaired) electrons. The van der Waals surface area contributed by atoms with E-state index in [2.05, 4.69) is 4.98 Å². The molecule has 0 atom stereocenters. The molecule has 26 heavy (non-hydrogen) atoms. The molecule has 2 aromatic rings. The van der Waals surface area contributed by atoms with Crippen molar-refractivity contribution in [2.45, 2.75) is 11.3 Å². The van der Waals surface area contributed by atoms with Crippen molar-refractivity contribution in [2.24, 2.45) is 0 Å². The van der Waals surface area contributed by atoms with Gasteiger partial charge in [-0.15, -0.1) is 0 Å². The number of carboxylic acid groups (broad SMARTS) is 1. The van der Waals surface area contributed by atoms with E-state index in [-0.39, 0.29) is 22.9 Å². The largest absolute Gasteiger partial charge is 0.478 e. The van der Waals surface area contributed by atoms with Crippen LogP contribution < -0.4 is 4.31 Å². The van der Waals surface area contributed by atoms with Crippen LogP contribution in [-0.4, -0.2) is 35.9 Å². The molecule has 1 aromatic heterocycles. The fraction of sp³-hybridized carbons (Fsp3) is 0.125. The number of nitro groups is 1. The monoisotopic (exact) mass is 375 g/mol. The number of sulfonamides is 1. The Hall–Kier alpha value is -3.27. The first-order valence-corrected chi connectivity index (χ1v) is 8.90. The van der Waals surface area contributed by atoms with Crippen molar-refractivity contribution < 1.29 is 23.2 Å².